The smallest absolute Gasteiger partial charge is 0.354 e. The number of ether oxygens (including phenoxy) is 1. The van der Waals surface area contributed by atoms with Crippen molar-refractivity contribution in [3.63, 3.8) is 0 Å². The fraction of sp³-hybridized carbons (Fsp3) is 0.632. The number of Topliss-reactive ketones (excluding diaryl/α,β-unsaturated/α-hetero) is 1. The summed E-state index contributed by atoms with van der Waals surface area (Å²) in [5, 5.41) is 0. The first-order chi connectivity index (χ1) is 11.3. The third kappa shape index (κ3) is 4.11. The second kappa shape index (κ2) is 7.42. The number of ketones is 1. The standard InChI is InChI=1S/C19H30N2O4/c1-11(2)17(23)21(19(5,6)7)10-14(22)15-12(3)16(18(24)25-9)20(8)13(15)4/h11H,10H2,1-9H3. The van der Waals surface area contributed by atoms with Gasteiger partial charge in [0.25, 0.3) is 0 Å². The Bertz CT molecular complexity index is 693. The second-order valence-electron chi connectivity index (χ2n) is 7.66. The van der Waals surface area contributed by atoms with Crippen LogP contribution in [-0.4, -0.2) is 46.3 Å². The van der Waals surface area contributed by atoms with Crippen molar-refractivity contribution in [1.82, 2.24) is 9.47 Å². The molecule has 1 aromatic rings. The van der Waals surface area contributed by atoms with Gasteiger partial charge in [0.1, 0.15) is 5.69 Å². The zero-order valence-electron chi connectivity index (χ0n) is 16.8. The molecule has 0 aliphatic carbocycles. The highest BCUT2D eigenvalue weighted by Gasteiger charge is 2.32. The minimum Gasteiger partial charge on any atom is -0.464 e. The van der Waals surface area contributed by atoms with E-state index in [0.717, 1.165) is 0 Å². The van der Waals surface area contributed by atoms with E-state index in [1.807, 2.05) is 34.6 Å². The number of carbonyl (C=O) groups excluding carboxylic acids is 3. The Hall–Kier alpha value is -2.11. The van der Waals surface area contributed by atoms with Crippen molar-refractivity contribution in [2.24, 2.45) is 13.0 Å². The van der Waals surface area contributed by atoms with Crippen LogP contribution >= 0.6 is 0 Å². The summed E-state index contributed by atoms with van der Waals surface area (Å²) >= 11 is 0. The lowest BCUT2D eigenvalue weighted by atomic mass is 9.99. The van der Waals surface area contributed by atoms with Gasteiger partial charge in [0.2, 0.25) is 5.91 Å². The molecule has 1 aromatic heterocycles. The van der Waals surface area contributed by atoms with E-state index in [4.69, 9.17) is 4.74 Å². The van der Waals surface area contributed by atoms with E-state index in [-0.39, 0.29) is 24.2 Å². The summed E-state index contributed by atoms with van der Waals surface area (Å²) in [7, 11) is 3.04. The highest BCUT2D eigenvalue weighted by atomic mass is 16.5. The maximum atomic E-state index is 13.0. The van der Waals surface area contributed by atoms with Gasteiger partial charge in [-0.25, -0.2) is 4.79 Å². The number of carbonyl (C=O) groups is 3. The van der Waals surface area contributed by atoms with Crippen LogP contribution < -0.4 is 0 Å². The molecular weight excluding hydrogens is 320 g/mol. The predicted octanol–water partition coefficient (Wildman–Crippen LogP) is 2.89. The topological polar surface area (TPSA) is 68.6 Å². The van der Waals surface area contributed by atoms with Gasteiger partial charge in [-0.05, 0) is 40.2 Å². The van der Waals surface area contributed by atoms with Crippen LogP contribution in [-0.2, 0) is 16.6 Å². The van der Waals surface area contributed by atoms with E-state index in [1.165, 1.54) is 7.11 Å². The van der Waals surface area contributed by atoms with E-state index < -0.39 is 11.5 Å². The van der Waals surface area contributed by atoms with Crippen LogP contribution in [0.25, 0.3) is 0 Å². The lowest BCUT2D eigenvalue weighted by Gasteiger charge is -2.36. The molecule has 0 saturated heterocycles. The number of amides is 1. The van der Waals surface area contributed by atoms with E-state index in [0.29, 0.717) is 22.5 Å². The van der Waals surface area contributed by atoms with Crippen LogP contribution in [0.5, 0.6) is 0 Å². The molecule has 1 amide bonds. The Balaban J connectivity index is 3.32. The first-order valence-electron chi connectivity index (χ1n) is 8.43. The van der Waals surface area contributed by atoms with Gasteiger partial charge in [-0.2, -0.15) is 0 Å². The maximum Gasteiger partial charge on any atom is 0.354 e. The van der Waals surface area contributed by atoms with Gasteiger partial charge in [0.15, 0.2) is 5.78 Å². The average molecular weight is 350 g/mol. The van der Waals surface area contributed by atoms with Crippen LogP contribution in [0.4, 0.5) is 0 Å². The van der Waals surface area contributed by atoms with Gasteiger partial charge in [0, 0.05) is 29.8 Å². The highest BCUT2D eigenvalue weighted by molar-refractivity contribution is 6.04. The Morgan fingerprint density at radius 3 is 2.08 bits per heavy atom. The van der Waals surface area contributed by atoms with Crippen LogP contribution in [0.3, 0.4) is 0 Å². The van der Waals surface area contributed by atoms with Crippen LogP contribution in [0.1, 0.15) is 66.7 Å². The molecule has 0 N–H and O–H groups in total. The minimum absolute atomic E-state index is 0.0210. The van der Waals surface area contributed by atoms with E-state index in [9.17, 15) is 14.4 Å². The molecule has 0 aliphatic rings. The normalized spacial score (nSPS) is 11.6. The van der Waals surface area contributed by atoms with Gasteiger partial charge >= 0.3 is 5.97 Å². The summed E-state index contributed by atoms with van der Waals surface area (Å²) in [4.78, 5) is 39.1. The van der Waals surface area contributed by atoms with Crippen molar-refractivity contribution >= 4 is 17.7 Å². The molecule has 0 bridgehead atoms. The van der Waals surface area contributed by atoms with Gasteiger partial charge < -0.3 is 14.2 Å². The Morgan fingerprint density at radius 2 is 1.68 bits per heavy atom. The van der Waals surface area contributed by atoms with Crippen LogP contribution in [0.2, 0.25) is 0 Å². The summed E-state index contributed by atoms with van der Waals surface area (Å²) in [5.74, 6) is -0.923. The Morgan fingerprint density at radius 1 is 1.16 bits per heavy atom. The number of methoxy groups -OCH3 is 1. The molecule has 1 rings (SSSR count). The molecule has 0 radical (unpaired) electrons. The minimum atomic E-state index is -0.479. The number of aromatic nitrogens is 1. The summed E-state index contributed by atoms with van der Waals surface area (Å²) in [6, 6.07) is 0. The number of nitrogens with zero attached hydrogens (tertiary/aromatic N) is 2. The van der Waals surface area contributed by atoms with Crippen molar-refractivity contribution in [1.29, 1.82) is 0 Å². The number of esters is 1. The van der Waals surface area contributed by atoms with Crippen LogP contribution in [0, 0.1) is 19.8 Å². The molecular formula is C19H30N2O4. The first-order valence-corrected chi connectivity index (χ1v) is 8.43. The predicted molar refractivity (Wildman–Crippen MR) is 96.9 cm³/mol. The van der Waals surface area contributed by atoms with E-state index in [2.05, 4.69) is 0 Å². The zero-order valence-corrected chi connectivity index (χ0v) is 16.8. The molecule has 0 fully saturated rings. The SMILES string of the molecule is COC(=O)c1c(C)c(C(=O)CN(C(=O)C(C)C)C(C)(C)C)c(C)n1C. The molecule has 0 aliphatic heterocycles. The molecule has 25 heavy (non-hydrogen) atoms. The third-order valence-electron chi connectivity index (χ3n) is 4.46. The lowest BCUT2D eigenvalue weighted by Crippen LogP contribution is -2.49. The molecule has 0 unspecified atom stereocenters. The Kier molecular flexibility index (Phi) is 6.21. The molecule has 1 heterocycles. The average Bonchev–Trinajstić information content (AvgIpc) is 2.72. The quantitative estimate of drug-likeness (QED) is 0.605. The fourth-order valence-electron chi connectivity index (χ4n) is 2.95. The molecule has 0 aromatic carbocycles. The van der Waals surface area contributed by atoms with Crippen molar-refractivity contribution < 1.29 is 19.1 Å². The first kappa shape index (κ1) is 20.9. The van der Waals surface area contributed by atoms with Crippen molar-refractivity contribution in [2.45, 2.75) is 54.0 Å². The van der Waals surface area contributed by atoms with Crippen LogP contribution in [0.15, 0.2) is 0 Å². The summed E-state index contributed by atoms with van der Waals surface area (Å²) < 4.78 is 6.48. The summed E-state index contributed by atoms with van der Waals surface area (Å²) in [6.45, 7) is 12.9. The van der Waals surface area contributed by atoms with Gasteiger partial charge in [-0.1, -0.05) is 13.8 Å². The fourth-order valence-corrected chi connectivity index (χ4v) is 2.95. The molecule has 140 valence electrons. The van der Waals surface area contributed by atoms with Crippen molar-refractivity contribution in [2.75, 3.05) is 13.7 Å². The summed E-state index contributed by atoms with van der Waals surface area (Å²) in [5.41, 5.74) is 1.64. The molecule has 0 saturated carbocycles. The maximum absolute atomic E-state index is 13.0. The largest absolute Gasteiger partial charge is 0.464 e. The van der Waals surface area contributed by atoms with Gasteiger partial charge in [-0.15, -0.1) is 0 Å². The van der Waals surface area contributed by atoms with E-state index in [1.54, 1.807) is 30.4 Å². The Labute approximate surface area is 150 Å². The number of hydrogen-bond donors (Lipinski definition) is 0. The molecule has 0 spiro atoms. The molecule has 6 heteroatoms. The molecule has 0 atom stereocenters. The van der Waals surface area contributed by atoms with Crippen molar-refractivity contribution in [3.05, 3.63) is 22.5 Å². The van der Waals surface area contributed by atoms with Gasteiger partial charge in [0.05, 0.1) is 13.7 Å². The monoisotopic (exact) mass is 350 g/mol. The number of rotatable bonds is 5. The second-order valence-corrected chi connectivity index (χ2v) is 7.66. The zero-order chi connectivity index (χ0) is 19.7. The van der Waals surface area contributed by atoms with Crippen molar-refractivity contribution in [3.8, 4) is 0 Å². The summed E-state index contributed by atoms with van der Waals surface area (Å²) in [6.07, 6.45) is 0. The highest BCUT2D eigenvalue weighted by Crippen LogP contribution is 2.24. The number of hydrogen-bond acceptors (Lipinski definition) is 4. The molecule has 6 nitrogen and oxygen atoms in total. The van der Waals surface area contributed by atoms with E-state index >= 15 is 0 Å². The van der Waals surface area contributed by atoms with Gasteiger partial charge in [-0.3, -0.25) is 9.59 Å². The third-order valence-corrected chi connectivity index (χ3v) is 4.46. The lowest BCUT2D eigenvalue weighted by molar-refractivity contribution is -0.138.